The van der Waals surface area contributed by atoms with Crippen LogP contribution < -0.4 is 4.74 Å². The number of carbonyl (C=O) groups excluding carboxylic acids is 1. The highest BCUT2D eigenvalue weighted by molar-refractivity contribution is 9.11. The molecule has 0 saturated carbocycles. The number of halogens is 2. The van der Waals surface area contributed by atoms with Gasteiger partial charge in [-0.3, -0.25) is 4.79 Å². The number of ketones is 1. The molecule has 0 bridgehead atoms. The van der Waals surface area contributed by atoms with Crippen LogP contribution in [-0.4, -0.2) is 11.9 Å². The Labute approximate surface area is 156 Å². The van der Waals surface area contributed by atoms with Crippen molar-refractivity contribution in [2.75, 3.05) is 0 Å². The summed E-state index contributed by atoms with van der Waals surface area (Å²) in [6.07, 6.45) is 1.95. The highest BCUT2D eigenvalue weighted by Gasteiger charge is 2.26. The van der Waals surface area contributed by atoms with Gasteiger partial charge in [-0.15, -0.1) is 0 Å². The Morgan fingerprint density at radius 3 is 2.61 bits per heavy atom. The van der Waals surface area contributed by atoms with Crippen LogP contribution in [0.1, 0.15) is 29.8 Å². The summed E-state index contributed by atoms with van der Waals surface area (Å²) in [7, 11) is 0. The third kappa shape index (κ3) is 3.57. The van der Waals surface area contributed by atoms with Crippen molar-refractivity contribution in [3.63, 3.8) is 0 Å². The lowest BCUT2D eigenvalue weighted by atomic mass is 10.1. The van der Waals surface area contributed by atoms with Crippen LogP contribution in [0.15, 0.2) is 55.1 Å². The number of rotatable bonds is 3. The normalized spacial score (nSPS) is 15.3. The number of ether oxygens (including phenoxy) is 1. The highest BCUT2D eigenvalue weighted by Crippen LogP contribution is 2.43. The molecule has 3 rings (SSSR count). The molecule has 0 saturated heterocycles. The second-order valence-electron chi connectivity index (χ2n) is 5.41. The Bertz CT molecular complexity index is 813. The maximum atomic E-state index is 12.6. The molecule has 1 aliphatic heterocycles. The Hall–Kier alpha value is -1.04. The molecule has 23 heavy (non-hydrogen) atoms. The predicted octanol–water partition coefficient (Wildman–Crippen LogP) is 6.33. The maximum Gasteiger partial charge on any atom is 0.200 e. The van der Waals surface area contributed by atoms with Crippen LogP contribution in [0, 0.1) is 0 Å². The van der Waals surface area contributed by atoms with E-state index in [1.54, 1.807) is 0 Å². The molecule has 0 N–H and O–H groups in total. The molecule has 1 heterocycles. The smallest absolute Gasteiger partial charge is 0.200 e. The zero-order valence-electron chi connectivity index (χ0n) is 12.6. The summed E-state index contributed by atoms with van der Waals surface area (Å²) in [5, 5.41) is 0. The van der Waals surface area contributed by atoms with E-state index in [-0.39, 0.29) is 11.9 Å². The van der Waals surface area contributed by atoms with E-state index in [1.165, 1.54) is 11.8 Å². The molecule has 2 nitrogen and oxygen atoms in total. The second-order valence-corrected chi connectivity index (χ2v) is 8.26. The fraction of sp³-hybridized carbons (Fsp3) is 0.167. The average molecular weight is 454 g/mol. The number of carbonyl (C=O) groups is 1. The summed E-state index contributed by atoms with van der Waals surface area (Å²) < 4.78 is 7.71. The van der Waals surface area contributed by atoms with Crippen molar-refractivity contribution in [3.05, 3.63) is 61.4 Å². The first-order valence-corrected chi connectivity index (χ1v) is 9.55. The van der Waals surface area contributed by atoms with Gasteiger partial charge in [-0.25, -0.2) is 0 Å². The lowest BCUT2D eigenvalue weighted by Crippen LogP contribution is -2.07. The Morgan fingerprint density at radius 2 is 1.91 bits per heavy atom. The van der Waals surface area contributed by atoms with E-state index in [2.05, 4.69) is 31.9 Å². The minimum Gasteiger partial charge on any atom is -0.489 e. The number of allylic oxidation sites excluding steroid dienone is 1. The topological polar surface area (TPSA) is 26.3 Å². The quantitative estimate of drug-likeness (QED) is 0.508. The highest BCUT2D eigenvalue weighted by atomic mass is 79.9. The molecule has 0 spiro atoms. The van der Waals surface area contributed by atoms with E-state index in [0.717, 1.165) is 30.7 Å². The van der Waals surface area contributed by atoms with E-state index in [1.807, 2.05) is 56.3 Å². The molecule has 0 unspecified atom stereocenters. The van der Waals surface area contributed by atoms with Crippen LogP contribution in [0.2, 0.25) is 0 Å². The molecular formula is C18H14Br2O2S. The molecule has 0 atom stereocenters. The molecule has 0 aromatic heterocycles. The molecule has 118 valence electrons. The Kier molecular flexibility index (Phi) is 4.99. The van der Waals surface area contributed by atoms with Crippen molar-refractivity contribution in [2.24, 2.45) is 0 Å². The van der Waals surface area contributed by atoms with Gasteiger partial charge in [-0.2, -0.15) is 0 Å². The maximum absolute atomic E-state index is 12.6. The largest absolute Gasteiger partial charge is 0.489 e. The van der Waals surface area contributed by atoms with Crippen LogP contribution in [0.4, 0.5) is 0 Å². The van der Waals surface area contributed by atoms with E-state index in [9.17, 15) is 4.79 Å². The average Bonchev–Trinajstić information content (AvgIpc) is 2.79. The molecule has 0 aliphatic carbocycles. The minimum atomic E-state index is 0.0498. The van der Waals surface area contributed by atoms with E-state index in [4.69, 9.17) is 4.74 Å². The van der Waals surface area contributed by atoms with Gasteiger partial charge in [0, 0.05) is 20.5 Å². The molecule has 5 heteroatoms. The molecule has 0 fully saturated rings. The van der Waals surface area contributed by atoms with E-state index >= 15 is 0 Å². The van der Waals surface area contributed by atoms with Gasteiger partial charge in [0.25, 0.3) is 0 Å². The standard InChI is InChI=1S/C18H14Br2O2S/c1-10(2)22-18-11(7-12(19)9-14(18)20)8-16-17(21)13-5-3-4-6-15(13)23-16/h3-10H,1-2H3. The first-order chi connectivity index (χ1) is 11.0. The van der Waals surface area contributed by atoms with Crippen molar-refractivity contribution in [3.8, 4) is 5.75 Å². The van der Waals surface area contributed by atoms with Gasteiger partial charge in [0.15, 0.2) is 0 Å². The number of hydrogen-bond acceptors (Lipinski definition) is 3. The van der Waals surface area contributed by atoms with Gasteiger partial charge in [0.05, 0.1) is 15.5 Å². The van der Waals surface area contributed by atoms with Crippen molar-refractivity contribution in [2.45, 2.75) is 24.8 Å². The molecule has 1 aliphatic rings. The fourth-order valence-corrected chi connectivity index (χ4v) is 4.72. The van der Waals surface area contributed by atoms with Crippen molar-refractivity contribution in [1.29, 1.82) is 0 Å². The molecule has 0 amide bonds. The van der Waals surface area contributed by atoms with Crippen molar-refractivity contribution in [1.82, 2.24) is 0 Å². The summed E-state index contributed by atoms with van der Waals surface area (Å²) in [5.74, 6) is 0.817. The second kappa shape index (κ2) is 6.83. The lowest BCUT2D eigenvalue weighted by Gasteiger charge is -2.15. The lowest BCUT2D eigenvalue weighted by molar-refractivity contribution is 0.104. The van der Waals surface area contributed by atoms with Gasteiger partial charge >= 0.3 is 0 Å². The van der Waals surface area contributed by atoms with Crippen molar-refractivity contribution < 1.29 is 9.53 Å². The predicted molar refractivity (Wildman–Crippen MR) is 102 cm³/mol. The van der Waals surface area contributed by atoms with Gasteiger partial charge < -0.3 is 4.74 Å². The number of thioether (sulfide) groups is 1. The van der Waals surface area contributed by atoms with Gasteiger partial charge in [-0.1, -0.05) is 39.8 Å². The summed E-state index contributed by atoms with van der Waals surface area (Å²) in [5.41, 5.74) is 1.65. The van der Waals surface area contributed by atoms with Crippen LogP contribution in [0.5, 0.6) is 5.75 Å². The van der Waals surface area contributed by atoms with Crippen LogP contribution in [-0.2, 0) is 0 Å². The van der Waals surface area contributed by atoms with Crippen molar-refractivity contribution >= 4 is 55.5 Å². The number of benzene rings is 2. The molecule has 0 radical (unpaired) electrons. The third-order valence-corrected chi connectivity index (χ3v) is 5.40. The van der Waals surface area contributed by atoms with E-state index < -0.39 is 0 Å². The fourth-order valence-electron chi connectivity index (χ4n) is 2.32. The summed E-state index contributed by atoms with van der Waals surface area (Å²) in [6.45, 7) is 3.97. The van der Waals surface area contributed by atoms with Crippen LogP contribution in [0.25, 0.3) is 6.08 Å². The number of Topliss-reactive ketones (excluding diaryl/α,β-unsaturated/α-hetero) is 1. The summed E-state index contributed by atoms with van der Waals surface area (Å²) in [6, 6.07) is 11.6. The van der Waals surface area contributed by atoms with Gasteiger partial charge in [-0.05, 0) is 60.1 Å². The first-order valence-electron chi connectivity index (χ1n) is 7.14. The van der Waals surface area contributed by atoms with E-state index in [0.29, 0.717) is 4.91 Å². The number of fused-ring (bicyclic) bond motifs is 1. The van der Waals surface area contributed by atoms with Gasteiger partial charge in [0.2, 0.25) is 5.78 Å². The van der Waals surface area contributed by atoms with Crippen LogP contribution in [0.3, 0.4) is 0 Å². The zero-order valence-corrected chi connectivity index (χ0v) is 16.6. The molecular weight excluding hydrogens is 440 g/mol. The van der Waals surface area contributed by atoms with Crippen LogP contribution >= 0.6 is 43.6 Å². The SMILES string of the molecule is CC(C)Oc1c(Br)cc(Br)cc1C=C1Sc2ccccc2C1=O. The first kappa shape index (κ1) is 16.8. The molecule has 2 aromatic rings. The summed E-state index contributed by atoms with van der Waals surface area (Å²) in [4.78, 5) is 14.3. The third-order valence-electron chi connectivity index (χ3n) is 3.25. The monoisotopic (exact) mass is 452 g/mol. The molecule has 2 aromatic carbocycles. The minimum absolute atomic E-state index is 0.0498. The Balaban J connectivity index is 2.05. The van der Waals surface area contributed by atoms with Gasteiger partial charge in [0.1, 0.15) is 5.75 Å². The zero-order chi connectivity index (χ0) is 16.6. The Morgan fingerprint density at radius 1 is 1.17 bits per heavy atom. The number of hydrogen-bond donors (Lipinski definition) is 0. The summed E-state index contributed by atoms with van der Waals surface area (Å²) >= 11 is 8.55.